The van der Waals surface area contributed by atoms with E-state index in [9.17, 15) is 14.7 Å². The molecular weight excluding hydrogens is 334 g/mol. The highest BCUT2D eigenvalue weighted by Crippen LogP contribution is 2.27. The summed E-state index contributed by atoms with van der Waals surface area (Å²) in [7, 11) is 1.46. The molecule has 7 heteroatoms. The maximum absolute atomic E-state index is 11.9. The third-order valence-electron chi connectivity index (χ3n) is 3.14. The number of hydrogen-bond acceptors (Lipinski definition) is 5. The van der Waals surface area contributed by atoms with Gasteiger partial charge in [-0.05, 0) is 42.8 Å². The van der Waals surface area contributed by atoms with Gasteiger partial charge in [-0.25, -0.2) is 4.79 Å². The van der Waals surface area contributed by atoms with Gasteiger partial charge in [-0.1, -0.05) is 17.7 Å². The molecule has 0 bridgehead atoms. The lowest BCUT2D eigenvalue weighted by molar-refractivity contribution is -0.119. The fraction of sp³-hybridized carbons (Fsp3) is 0.176. The number of aryl methyl sites for hydroxylation is 1. The highest BCUT2D eigenvalue weighted by molar-refractivity contribution is 6.31. The van der Waals surface area contributed by atoms with E-state index in [2.05, 4.69) is 5.32 Å². The van der Waals surface area contributed by atoms with Crippen molar-refractivity contribution in [1.29, 1.82) is 0 Å². The molecule has 1 amide bonds. The fourth-order valence-corrected chi connectivity index (χ4v) is 2.16. The maximum Gasteiger partial charge on any atom is 0.342 e. The Bertz CT molecular complexity index is 776. The molecule has 24 heavy (non-hydrogen) atoms. The molecule has 2 aromatic carbocycles. The average molecular weight is 350 g/mol. The third-order valence-corrected chi connectivity index (χ3v) is 3.38. The van der Waals surface area contributed by atoms with Crippen molar-refractivity contribution in [1.82, 2.24) is 0 Å². The summed E-state index contributed by atoms with van der Waals surface area (Å²) in [6.45, 7) is 1.27. The van der Waals surface area contributed by atoms with Crippen LogP contribution in [0.3, 0.4) is 0 Å². The number of nitrogens with one attached hydrogen (secondary N) is 1. The Morgan fingerprint density at radius 3 is 2.62 bits per heavy atom. The molecule has 6 nitrogen and oxygen atoms in total. The predicted molar refractivity (Wildman–Crippen MR) is 89.8 cm³/mol. The highest BCUT2D eigenvalue weighted by atomic mass is 35.5. The Labute approximate surface area is 144 Å². The summed E-state index contributed by atoms with van der Waals surface area (Å²) in [6, 6.07) is 9.28. The normalized spacial score (nSPS) is 10.1. The van der Waals surface area contributed by atoms with Gasteiger partial charge in [0.2, 0.25) is 0 Å². The number of hydrogen-bond donors (Lipinski definition) is 2. The molecular formula is C17H16ClNO5. The minimum absolute atomic E-state index is 0.00580. The molecule has 0 unspecified atom stereocenters. The van der Waals surface area contributed by atoms with E-state index in [-0.39, 0.29) is 11.3 Å². The number of carbonyl (C=O) groups is 2. The van der Waals surface area contributed by atoms with Crippen LogP contribution in [0.1, 0.15) is 15.9 Å². The van der Waals surface area contributed by atoms with Crippen molar-refractivity contribution in [2.45, 2.75) is 6.92 Å². The number of amides is 1. The first-order valence-electron chi connectivity index (χ1n) is 7.01. The molecule has 0 radical (unpaired) electrons. The van der Waals surface area contributed by atoms with E-state index in [4.69, 9.17) is 21.1 Å². The number of phenolic OH excluding ortho intramolecular Hbond substituents is 1. The van der Waals surface area contributed by atoms with Crippen LogP contribution in [-0.2, 0) is 9.53 Å². The van der Waals surface area contributed by atoms with Crippen LogP contribution in [0.4, 0.5) is 5.69 Å². The molecule has 0 aliphatic carbocycles. The van der Waals surface area contributed by atoms with Crippen molar-refractivity contribution in [2.24, 2.45) is 0 Å². The monoisotopic (exact) mass is 349 g/mol. The zero-order valence-corrected chi connectivity index (χ0v) is 13.9. The SMILES string of the molecule is COc1ccc(Cl)cc1NC(=O)COC(=O)c1ccc(C)cc1O. The van der Waals surface area contributed by atoms with Gasteiger partial charge in [-0.2, -0.15) is 0 Å². The second-order valence-corrected chi connectivity index (χ2v) is 5.43. The summed E-state index contributed by atoms with van der Waals surface area (Å²) in [4.78, 5) is 23.8. The second kappa shape index (κ2) is 7.70. The van der Waals surface area contributed by atoms with Crippen molar-refractivity contribution in [3.63, 3.8) is 0 Å². The van der Waals surface area contributed by atoms with Crippen LogP contribution in [0.15, 0.2) is 36.4 Å². The molecule has 0 heterocycles. The molecule has 2 aromatic rings. The Balaban J connectivity index is 1.98. The molecule has 0 saturated heterocycles. The van der Waals surface area contributed by atoms with Crippen LogP contribution in [0.5, 0.6) is 11.5 Å². The lowest BCUT2D eigenvalue weighted by atomic mass is 10.1. The van der Waals surface area contributed by atoms with Gasteiger partial charge in [-0.15, -0.1) is 0 Å². The van der Waals surface area contributed by atoms with Crippen molar-refractivity contribution >= 4 is 29.2 Å². The number of halogens is 1. The van der Waals surface area contributed by atoms with E-state index in [1.807, 2.05) is 0 Å². The molecule has 0 fully saturated rings. The zero-order chi connectivity index (χ0) is 17.7. The lowest BCUT2D eigenvalue weighted by Gasteiger charge is -2.11. The Kier molecular flexibility index (Phi) is 5.65. The number of rotatable bonds is 5. The smallest absolute Gasteiger partial charge is 0.342 e. The molecule has 0 saturated carbocycles. The van der Waals surface area contributed by atoms with E-state index >= 15 is 0 Å². The first-order valence-corrected chi connectivity index (χ1v) is 7.38. The van der Waals surface area contributed by atoms with Crippen molar-refractivity contribution in [2.75, 3.05) is 19.0 Å². The van der Waals surface area contributed by atoms with Crippen molar-refractivity contribution < 1.29 is 24.2 Å². The number of ether oxygens (including phenoxy) is 2. The Morgan fingerprint density at radius 2 is 1.96 bits per heavy atom. The summed E-state index contributed by atoms with van der Waals surface area (Å²) in [5.74, 6) is -1.12. The van der Waals surface area contributed by atoms with Crippen LogP contribution < -0.4 is 10.1 Å². The fourth-order valence-electron chi connectivity index (χ4n) is 1.99. The molecule has 2 rings (SSSR count). The van der Waals surface area contributed by atoms with E-state index in [0.29, 0.717) is 16.5 Å². The van der Waals surface area contributed by atoms with E-state index < -0.39 is 18.5 Å². The third kappa shape index (κ3) is 4.39. The minimum atomic E-state index is -0.791. The molecule has 0 aromatic heterocycles. The van der Waals surface area contributed by atoms with Gasteiger partial charge >= 0.3 is 5.97 Å². The number of carbonyl (C=O) groups excluding carboxylic acids is 2. The first-order chi connectivity index (χ1) is 11.4. The van der Waals surface area contributed by atoms with Gasteiger partial charge in [0.25, 0.3) is 5.91 Å². The zero-order valence-electron chi connectivity index (χ0n) is 13.1. The van der Waals surface area contributed by atoms with Gasteiger partial charge in [0.05, 0.1) is 12.8 Å². The van der Waals surface area contributed by atoms with Crippen molar-refractivity contribution in [3.05, 3.63) is 52.5 Å². The topological polar surface area (TPSA) is 84.9 Å². The minimum Gasteiger partial charge on any atom is -0.507 e. The standard InChI is InChI=1S/C17H16ClNO5/c1-10-3-5-12(14(20)7-10)17(22)24-9-16(21)19-13-8-11(18)4-6-15(13)23-2/h3-8,20H,9H2,1-2H3,(H,19,21). The molecule has 0 aliphatic heterocycles. The molecule has 0 aliphatic rings. The summed E-state index contributed by atoms with van der Waals surface area (Å²) >= 11 is 5.87. The molecule has 0 spiro atoms. The van der Waals surface area contributed by atoms with Crippen LogP contribution in [0.2, 0.25) is 5.02 Å². The second-order valence-electron chi connectivity index (χ2n) is 4.99. The quantitative estimate of drug-likeness (QED) is 0.810. The molecule has 0 atom stereocenters. The van der Waals surface area contributed by atoms with Crippen LogP contribution in [-0.4, -0.2) is 30.7 Å². The van der Waals surface area contributed by atoms with E-state index in [1.54, 1.807) is 25.1 Å². The summed E-state index contributed by atoms with van der Waals surface area (Å²) in [6.07, 6.45) is 0. The van der Waals surface area contributed by atoms with Gasteiger partial charge in [-0.3, -0.25) is 4.79 Å². The van der Waals surface area contributed by atoms with Gasteiger partial charge in [0.15, 0.2) is 6.61 Å². The number of anilines is 1. The Morgan fingerprint density at radius 1 is 1.21 bits per heavy atom. The number of phenols is 1. The predicted octanol–water partition coefficient (Wildman–Crippen LogP) is 3.16. The number of esters is 1. The summed E-state index contributed by atoms with van der Waals surface area (Å²) < 4.78 is 10.0. The highest BCUT2D eigenvalue weighted by Gasteiger charge is 2.15. The van der Waals surface area contributed by atoms with E-state index in [0.717, 1.165) is 5.56 Å². The van der Waals surface area contributed by atoms with Gasteiger partial charge in [0, 0.05) is 5.02 Å². The van der Waals surface area contributed by atoms with Crippen LogP contribution >= 0.6 is 11.6 Å². The number of aromatic hydroxyl groups is 1. The first kappa shape index (κ1) is 17.6. The van der Waals surface area contributed by atoms with Gasteiger partial charge < -0.3 is 19.9 Å². The summed E-state index contributed by atoms with van der Waals surface area (Å²) in [5.41, 5.74) is 1.16. The number of benzene rings is 2. The largest absolute Gasteiger partial charge is 0.507 e. The van der Waals surface area contributed by atoms with Crippen LogP contribution in [0, 0.1) is 6.92 Å². The van der Waals surface area contributed by atoms with Crippen molar-refractivity contribution in [3.8, 4) is 11.5 Å². The van der Waals surface area contributed by atoms with E-state index in [1.165, 1.54) is 25.3 Å². The number of methoxy groups -OCH3 is 1. The summed E-state index contributed by atoms with van der Waals surface area (Å²) in [5, 5.41) is 12.7. The average Bonchev–Trinajstić information content (AvgIpc) is 2.53. The Hall–Kier alpha value is -2.73. The molecule has 2 N–H and O–H groups in total. The lowest BCUT2D eigenvalue weighted by Crippen LogP contribution is -2.21. The van der Waals surface area contributed by atoms with Gasteiger partial charge in [0.1, 0.15) is 17.1 Å². The molecule has 126 valence electrons. The van der Waals surface area contributed by atoms with Crippen LogP contribution in [0.25, 0.3) is 0 Å². The maximum atomic E-state index is 11.9.